The topological polar surface area (TPSA) is 36.4 Å². The third-order valence-corrected chi connectivity index (χ3v) is 7.34. The molecule has 3 heterocycles. The predicted molar refractivity (Wildman–Crippen MR) is 114 cm³/mol. The Morgan fingerprint density at radius 3 is 2.69 bits per heavy atom. The van der Waals surface area contributed by atoms with Crippen molar-refractivity contribution in [3.05, 3.63) is 65.5 Å². The summed E-state index contributed by atoms with van der Waals surface area (Å²) >= 11 is 0. The number of benzene rings is 1. The van der Waals surface area contributed by atoms with E-state index in [1.807, 2.05) is 18.5 Å². The summed E-state index contributed by atoms with van der Waals surface area (Å²) in [6, 6.07) is 13.0. The molecule has 1 aromatic heterocycles. The number of pyridine rings is 1. The Kier molecular flexibility index (Phi) is 5.13. The highest BCUT2D eigenvalue weighted by Gasteiger charge is 2.45. The molecule has 29 heavy (non-hydrogen) atoms. The molecule has 2 fully saturated rings. The highest BCUT2D eigenvalue weighted by Crippen LogP contribution is 2.39. The number of amides is 1. The molecule has 152 valence electrons. The summed E-state index contributed by atoms with van der Waals surface area (Å²) in [6.07, 6.45) is 11.8. The van der Waals surface area contributed by atoms with E-state index < -0.39 is 0 Å². The Morgan fingerprint density at radius 2 is 1.90 bits per heavy atom. The Labute approximate surface area is 173 Å². The van der Waals surface area contributed by atoms with Crippen molar-refractivity contribution in [3.8, 4) is 0 Å². The number of likely N-dealkylation sites (tertiary alicyclic amines) is 1. The Balaban J connectivity index is 1.48. The fraction of sp³-hybridized carbons (Fsp3) is 0.520. The van der Waals surface area contributed by atoms with Crippen LogP contribution >= 0.6 is 0 Å². The zero-order valence-corrected chi connectivity index (χ0v) is 17.2. The summed E-state index contributed by atoms with van der Waals surface area (Å²) in [5.41, 5.74) is 4.06. The van der Waals surface area contributed by atoms with Crippen molar-refractivity contribution < 1.29 is 4.79 Å². The lowest BCUT2D eigenvalue weighted by Gasteiger charge is -2.41. The van der Waals surface area contributed by atoms with Gasteiger partial charge in [-0.15, -0.1) is 0 Å². The molecule has 2 aromatic rings. The van der Waals surface area contributed by atoms with E-state index in [2.05, 4.69) is 45.1 Å². The molecule has 4 heteroatoms. The van der Waals surface area contributed by atoms with Gasteiger partial charge in [0.15, 0.2) is 0 Å². The van der Waals surface area contributed by atoms with Gasteiger partial charge in [0, 0.05) is 43.5 Å². The van der Waals surface area contributed by atoms with Crippen molar-refractivity contribution in [2.24, 2.45) is 5.92 Å². The van der Waals surface area contributed by atoms with Crippen LogP contribution in [-0.2, 0) is 24.3 Å². The maximum absolute atomic E-state index is 13.5. The molecule has 1 saturated carbocycles. The van der Waals surface area contributed by atoms with Gasteiger partial charge in [-0.2, -0.15) is 0 Å². The number of aromatic nitrogens is 1. The van der Waals surface area contributed by atoms with Crippen molar-refractivity contribution in [2.75, 3.05) is 13.1 Å². The molecule has 3 aliphatic rings. The lowest BCUT2D eigenvalue weighted by molar-refractivity contribution is -0.137. The van der Waals surface area contributed by atoms with Gasteiger partial charge < -0.3 is 4.90 Å². The van der Waals surface area contributed by atoms with Crippen LogP contribution in [0, 0.1) is 5.92 Å². The third kappa shape index (κ3) is 3.71. The average Bonchev–Trinajstić information content (AvgIpc) is 3.36. The Bertz CT molecular complexity index is 861. The van der Waals surface area contributed by atoms with Gasteiger partial charge in [-0.05, 0) is 61.4 Å². The molecule has 0 radical (unpaired) electrons. The number of carbonyl (C=O) groups is 1. The minimum atomic E-state index is 0.0384. The van der Waals surface area contributed by atoms with Gasteiger partial charge in [-0.1, -0.05) is 43.2 Å². The van der Waals surface area contributed by atoms with Crippen LogP contribution in [0.3, 0.4) is 0 Å². The first-order valence-electron chi connectivity index (χ1n) is 11.2. The van der Waals surface area contributed by atoms with Crippen LogP contribution in [0.2, 0.25) is 0 Å². The van der Waals surface area contributed by atoms with E-state index >= 15 is 0 Å². The molecule has 0 N–H and O–H groups in total. The summed E-state index contributed by atoms with van der Waals surface area (Å²) in [7, 11) is 0. The smallest absolute Gasteiger partial charge is 0.226 e. The molecular weight excluding hydrogens is 358 g/mol. The summed E-state index contributed by atoms with van der Waals surface area (Å²) < 4.78 is 0. The molecule has 1 saturated heterocycles. The van der Waals surface area contributed by atoms with E-state index in [0.29, 0.717) is 5.91 Å². The van der Waals surface area contributed by atoms with E-state index in [0.717, 1.165) is 51.9 Å². The molecule has 1 spiro atoms. The largest absolute Gasteiger partial charge is 0.336 e. The van der Waals surface area contributed by atoms with Gasteiger partial charge in [0.25, 0.3) is 0 Å². The molecule has 2 aliphatic heterocycles. The first-order chi connectivity index (χ1) is 14.2. The monoisotopic (exact) mass is 389 g/mol. The summed E-state index contributed by atoms with van der Waals surface area (Å²) in [5.74, 6) is 0.636. The number of fused-ring (bicyclic) bond motifs is 1. The molecule has 1 aliphatic carbocycles. The van der Waals surface area contributed by atoms with Gasteiger partial charge in [-0.25, -0.2) is 0 Å². The van der Waals surface area contributed by atoms with Crippen molar-refractivity contribution in [1.82, 2.24) is 14.8 Å². The van der Waals surface area contributed by atoms with Crippen LogP contribution in [0.5, 0.6) is 0 Å². The maximum Gasteiger partial charge on any atom is 0.226 e. The lowest BCUT2D eigenvalue weighted by Crippen LogP contribution is -2.53. The standard InChI is InChI=1S/C25H31N3O/c29-24(21-8-1-2-9-21)27-18-23-11-4-3-10-22(23)15-25(19-27)12-6-14-28(25)17-20-7-5-13-26-16-20/h3-5,7,10-11,13,16,21H,1-2,6,8-9,12,14-15,17-19H2. The molecule has 1 amide bonds. The van der Waals surface area contributed by atoms with Crippen LogP contribution in [0.25, 0.3) is 0 Å². The van der Waals surface area contributed by atoms with Gasteiger partial charge >= 0.3 is 0 Å². The predicted octanol–water partition coefficient (Wildman–Crippen LogP) is 4.19. The van der Waals surface area contributed by atoms with E-state index in [1.54, 1.807) is 0 Å². The molecule has 0 bridgehead atoms. The number of hydrogen-bond acceptors (Lipinski definition) is 3. The summed E-state index contributed by atoms with van der Waals surface area (Å²) in [6.45, 7) is 3.65. The number of rotatable bonds is 3. The van der Waals surface area contributed by atoms with Crippen LogP contribution in [0.4, 0.5) is 0 Å². The SMILES string of the molecule is O=C(C1CCCC1)N1Cc2ccccc2CC2(CCCN2Cc2cccnc2)C1. The highest BCUT2D eigenvalue weighted by molar-refractivity contribution is 5.79. The van der Waals surface area contributed by atoms with E-state index in [9.17, 15) is 4.79 Å². The number of carbonyl (C=O) groups excluding carboxylic acids is 1. The van der Waals surface area contributed by atoms with Gasteiger partial charge in [0.2, 0.25) is 5.91 Å². The van der Waals surface area contributed by atoms with Crippen molar-refractivity contribution in [2.45, 2.75) is 63.6 Å². The number of hydrogen-bond donors (Lipinski definition) is 0. The van der Waals surface area contributed by atoms with Crippen molar-refractivity contribution in [3.63, 3.8) is 0 Å². The maximum atomic E-state index is 13.5. The summed E-state index contributed by atoms with van der Waals surface area (Å²) in [5, 5.41) is 0. The minimum Gasteiger partial charge on any atom is -0.336 e. The first kappa shape index (κ1) is 18.8. The van der Waals surface area contributed by atoms with Gasteiger partial charge in [0.1, 0.15) is 0 Å². The van der Waals surface area contributed by atoms with Crippen LogP contribution in [-0.4, -0.2) is 39.3 Å². The van der Waals surface area contributed by atoms with E-state index in [-0.39, 0.29) is 11.5 Å². The van der Waals surface area contributed by atoms with E-state index in [1.165, 1.54) is 36.0 Å². The van der Waals surface area contributed by atoms with Crippen LogP contribution in [0.1, 0.15) is 55.2 Å². The summed E-state index contributed by atoms with van der Waals surface area (Å²) in [4.78, 5) is 22.6. The molecular formula is C25H31N3O. The van der Waals surface area contributed by atoms with Gasteiger partial charge in [0.05, 0.1) is 0 Å². The van der Waals surface area contributed by atoms with Crippen LogP contribution < -0.4 is 0 Å². The fourth-order valence-corrected chi connectivity index (χ4v) is 5.83. The highest BCUT2D eigenvalue weighted by atomic mass is 16.2. The molecule has 4 nitrogen and oxygen atoms in total. The molecule has 5 rings (SSSR count). The molecule has 1 unspecified atom stereocenters. The second-order valence-electron chi connectivity index (χ2n) is 9.23. The quantitative estimate of drug-likeness (QED) is 0.790. The van der Waals surface area contributed by atoms with Crippen molar-refractivity contribution in [1.29, 1.82) is 0 Å². The first-order valence-corrected chi connectivity index (χ1v) is 11.2. The number of nitrogens with zero attached hydrogens (tertiary/aromatic N) is 3. The fourth-order valence-electron chi connectivity index (χ4n) is 5.83. The van der Waals surface area contributed by atoms with Crippen LogP contribution in [0.15, 0.2) is 48.8 Å². The molecule has 1 aromatic carbocycles. The average molecular weight is 390 g/mol. The van der Waals surface area contributed by atoms with Gasteiger partial charge in [-0.3, -0.25) is 14.7 Å². The second-order valence-corrected chi connectivity index (χ2v) is 9.23. The Morgan fingerprint density at radius 1 is 1.07 bits per heavy atom. The normalized spacial score (nSPS) is 25.3. The molecule has 1 atom stereocenters. The van der Waals surface area contributed by atoms with E-state index in [4.69, 9.17) is 0 Å². The zero-order chi connectivity index (χ0) is 19.7. The second kappa shape index (κ2) is 7.91. The zero-order valence-electron chi connectivity index (χ0n) is 17.2. The lowest BCUT2D eigenvalue weighted by atomic mass is 9.87. The minimum absolute atomic E-state index is 0.0384. The Hall–Kier alpha value is -2.20. The van der Waals surface area contributed by atoms with Crippen molar-refractivity contribution >= 4 is 5.91 Å². The third-order valence-electron chi connectivity index (χ3n) is 7.34.